The molecule has 0 fully saturated rings. The molecule has 2 N–H and O–H groups in total. The van der Waals surface area contributed by atoms with Crippen molar-refractivity contribution in [1.82, 2.24) is 9.97 Å². The van der Waals surface area contributed by atoms with Gasteiger partial charge < -0.3 is 5.73 Å². The van der Waals surface area contributed by atoms with E-state index >= 15 is 0 Å². The molecule has 2 aromatic rings. The van der Waals surface area contributed by atoms with Crippen molar-refractivity contribution in [3.8, 4) is 11.4 Å². The molecule has 1 aliphatic rings. The Kier molecular flexibility index (Phi) is 3.33. The Morgan fingerprint density at radius 2 is 1.68 bits per heavy atom. The quantitative estimate of drug-likeness (QED) is 0.867. The normalized spacial score (nSPS) is 14.2. The van der Waals surface area contributed by atoms with Crippen molar-refractivity contribution in [1.29, 1.82) is 0 Å². The molecule has 0 unspecified atom stereocenters. The fourth-order valence-corrected chi connectivity index (χ4v) is 3.01. The summed E-state index contributed by atoms with van der Waals surface area (Å²) in [7, 11) is 0. The van der Waals surface area contributed by atoms with E-state index in [0.29, 0.717) is 27.3 Å². The van der Waals surface area contributed by atoms with Crippen LogP contribution in [0.5, 0.6) is 0 Å². The second kappa shape index (κ2) is 4.99. The third-order valence-corrected chi connectivity index (χ3v) is 4.03. The number of benzene rings is 1. The molecule has 98 valence electrons. The lowest BCUT2D eigenvalue weighted by atomic mass is 9.96. The van der Waals surface area contributed by atoms with Gasteiger partial charge in [-0.1, -0.05) is 29.3 Å². The van der Waals surface area contributed by atoms with Gasteiger partial charge in [0.2, 0.25) is 0 Å². The van der Waals surface area contributed by atoms with Crippen LogP contribution in [0.4, 0.5) is 5.82 Å². The van der Waals surface area contributed by atoms with E-state index in [4.69, 9.17) is 28.9 Å². The first kappa shape index (κ1) is 12.7. The zero-order valence-electron chi connectivity index (χ0n) is 10.3. The van der Waals surface area contributed by atoms with Gasteiger partial charge >= 0.3 is 0 Å². The molecule has 0 atom stereocenters. The van der Waals surface area contributed by atoms with Crippen LogP contribution in [0.3, 0.4) is 0 Å². The maximum atomic E-state index is 6.19. The van der Waals surface area contributed by atoms with Gasteiger partial charge in [-0.25, -0.2) is 9.97 Å². The van der Waals surface area contributed by atoms with Gasteiger partial charge in [-0.2, -0.15) is 0 Å². The van der Waals surface area contributed by atoms with Gasteiger partial charge in [0.25, 0.3) is 0 Å². The maximum absolute atomic E-state index is 6.19. The lowest BCUT2D eigenvalue weighted by molar-refractivity contribution is 0.666. The Labute approximate surface area is 121 Å². The SMILES string of the molecule is Nc1nc(-c2c(Cl)cccc2Cl)nc2c1CCCC2. The molecule has 5 heteroatoms. The summed E-state index contributed by atoms with van der Waals surface area (Å²) in [6, 6.07) is 5.36. The number of halogens is 2. The lowest BCUT2D eigenvalue weighted by Crippen LogP contribution is -2.12. The molecular weight excluding hydrogens is 281 g/mol. The predicted molar refractivity (Wildman–Crippen MR) is 78.5 cm³/mol. The number of hydrogen-bond donors (Lipinski definition) is 1. The van der Waals surface area contributed by atoms with Crippen LogP contribution in [0.25, 0.3) is 11.4 Å². The Bertz CT molecular complexity index is 621. The summed E-state index contributed by atoms with van der Waals surface area (Å²) in [5.41, 5.74) is 8.81. The molecule has 0 spiro atoms. The van der Waals surface area contributed by atoms with E-state index in [1.165, 1.54) is 0 Å². The summed E-state index contributed by atoms with van der Waals surface area (Å²) >= 11 is 12.4. The Morgan fingerprint density at radius 1 is 1.00 bits per heavy atom. The molecule has 0 radical (unpaired) electrons. The number of aryl methyl sites for hydroxylation is 1. The molecule has 0 aliphatic heterocycles. The number of nitrogens with zero attached hydrogens (tertiary/aromatic N) is 2. The number of nitrogen functional groups attached to an aromatic ring is 1. The van der Waals surface area contributed by atoms with Crippen molar-refractivity contribution >= 4 is 29.0 Å². The Morgan fingerprint density at radius 3 is 2.42 bits per heavy atom. The van der Waals surface area contributed by atoms with Crippen molar-refractivity contribution in [3.05, 3.63) is 39.5 Å². The zero-order chi connectivity index (χ0) is 13.4. The van der Waals surface area contributed by atoms with E-state index < -0.39 is 0 Å². The molecule has 3 nitrogen and oxygen atoms in total. The Balaban J connectivity index is 2.19. The molecule has 0 amide bonds. The average Bonchev–Trinajstić information content (AvgIpc) is 2.38. The van der Waals surface area contributed by atoms with Crippen LogP contribution in [0.1, 0.15) is 24.1 Å². The first-order valence-electron chi connectivity index (χ1n) is 6.26. The minimum absolute atomic E-state index is 0.522. The van der Waals surface area contributed by atoms with Crippen molar-refractivity contribution in [2.45, 2.75) is 25.7 Å². The summed E-state index contributed by atoms with van der Waals surface area (Å²) < 4.78 is 0. The first-order valence-corrected chi connectivity index (χ1v) is 7.02. The highest BCUT2D eigenvalue weighted by molar-refractivity contribution is 6.38. The number of fused-ring (bicyclic) bond motifs is 1. The smallest absolute Gasteiger partial charge is 0.164 e. The highest BCUT2D eigenvalue weighted by atomic mass is 35.5. The third kappa shape index (κ3) is 2.28. The van der Waals surface area contributed by atoms with Crippen molar-refractivity contribution in [2.75, 3.05) is 5.73 Å². The minimum atomic E-state index is 0.522. The Hall–Kier alpha value is -1.32. The molecule has 1 aliphatic carbocycles. The van der Waals surface area contributed by atoms with E-state index in [1.54, 1.807) is 18.2 Å². The number of rotatable bonds is 1. The van der Waals surface area contributed by atoms with Crippen LogP contribution in [0, 0.1) is 0 Å². The predicted octanol–water partition coefficient (Wildman–Crippen LogP) is 3.91. The van der Waals surface area contributed by atoms with Crippen LogP contribution in [0.15, 0.2) is 18.2 Å². The second-order valence-electron chi connectivity index (χ2n) is 4.66. The molecule has 19 heavy (non-hydrogen) atoms. The average molecular weight is 294 g/mol. The number of hydrogen-bond acceptors (Lipinski definition) is 3. The maximum Gasteiger partial charge on any atom is 0.164 e. The van der Waals surface area contributed by atoms with Crippen LogP contribution in [-0.2, 0) is 12.8 Å². The molecular formula is C14H13Cl2N3. The van der Waals surface area contributed by atoms with Crippen molar-refractivity contribution in [3.63, 3.8) is 0 Å². The van der Waals surface area contributed by atoms with E-state index in [9.17, 15) is 0 Å². The summed E-state index contributed by atoms with van der Waals surface area (Å²) in [6.45, 7) is 0. The molecule has 0 saturated carbocycles. The van der Waals surface area contributed by atoms with Crippen molar-refractivity contribution in [2.24, 2.45) is 0 Å². The fraction of sp³-hybridized carbons (Fsp3) is 0.286. The van der Waals surface area contributed by atoms with Gasteiger partial charge in [0.15, 0.2) is 5.82 Å². The highest BCUT2D eigenvalue weighted by Gasteiger charge is 2.19. The lowest BCUT2D eigenvalue weighted by Gasteiger charge is -2.17. The van der Waals surface area contributed by atoms with Crippen LogP contribution in [-0.4, -0.2) is 9.97 Å². The van der Waals surface area contributed by atoms with Gasteiger partial charge in [0.1, 0.15) is 5.82 Å². The molecule has 1 aromatic carbocycles. The number of aromatic nitrogens is 2. The van der Waals surface area contributed by atoms with Crippen LogP contribution in [0.2, 0.25) is 10.0 Å². The monoisotopic (exact) mass is 293 g/mol. The van der Waals surface area contributed by atoms with E-state index in [-0.39, 0.29) is 0 Å². The van der Waals surface area contributed by atoms with Crippen molar-refractivity contribution < 1.29 is 0 Å². The molecule has 1 heterocycles. The largest absolute Gasteiger partial charge is 0.383 e. The van der Waals surface area contributed by atoms with E-state index in [1.807, 2.05) is 0 Å². The second-order valence-corrected chi connectivity index (χ2v) is 5.48. The third-order valence-electron chi connectivity index (χ3n) is 3.40. The van der Waals surface area contributed by atoms with Gasteiger partial charge in [-0.05, 0) is 37.8 Å². The fourth-order valence-electron chi connectivity index (χ4n) is 2.45. The van der Waals surface area contributed by atoms with Gasteiger partial charge in [0.05, 0.1) is 15.6 Å². The standard InChI is InChI=1S/C14H13Cl2N3/c15-9-5-3-6-10(16)12(9)14-18-11-7-2-1-4-8(11)13(17)19-14/h3,5-6H,1-2,4,7H2,(H2,17,18,19). The minimum Gasteiger partial charge on any atom is -0.383 e. The highest BCUT2D eigenvalue weighted by Crippen LogP contribution is 2.34. The van der Waals surface area contributed by atoms with Gasteiger partial charge in [0, 0.05) is 11.3 Å². The molecule has 1 aromatic heterocycles. The topological polar surface area (TPSA) is 51.8 Å². The van der Waals surface area contributed by atoms with Crippen LogP contribution >= 0.6 is 23.2 Å². The summed E-state index contributed by atoms with van der Waals surface area (Å²) in [5.74, 6) is 1.07. The van der Waals surface area contributed by atoms with Crippen LogP contribution < -0.4 is 5.73 Å². The number of anilines is 1. The zero-order valence-corrected chi connectivity index (χ0v) is 11.8. The van der Waals surface area contributed by atoms with Gasteiger partial charge in [-0.15, -0.1) is 0 Å². The summed E-state index contributed by atoms with van der Waals surface area (Å²) in [6.07, 6.45) is 4.18. The summed E-state index contributed by atoms with van der Waals surface area (Å²) in [5, 5.41) is 1.09. The van der Waals surface area contributed by atoms with E-state index in [2.05, 4.69) is 9.97 Å². The van der Waals surface area contributed by atoms with E-state index in [0.717, 1.165) is 36.9 Å². The summed E-state index contributed by atoms with van der Waals surface area (Å²) in [4.78, 5) is 8.98. The molecule has 0 bridgehead atoms. The number of nitrogens with two attached hydrogens (primary N) is 1. The van der Waals surface area contributed by atoms with Gasteiger partial charge in [-0.3, -0.25) is 0 Å². The molecule has 3 rings (SSSR count). The molecule has 0 saturated heterocycles. The first-order chi connectivity index (χ1) is 9.16.